The zero-order chi connectivity index (χ0) is 23.7. The summed E-state index contributed by atoms with van der Waals surface area (Å²) in [6, 6.07) is 24.8. The van der Waals surface area contributed by atoms with Crippen LogP contribution in [0.25, 0.3) is 10.9 Å². The third-order valence-electron chi connectivity index (χ3n) is 6.98. The first-order valence-corrected chi connectivity index (χ1v) is 11.9. The number of H-pyrrole nitrogens is 1. The van der Waals surface area contributed by atoms with Crippen molar-refractivity contribution in [2.45, 2.75) is 38.9 Å². The minimum Gasteiger partial charge on any atom is -0.361 e. The highest BCUT2D eigenvalue weighted by molar-refractivity contribution is 6.03. The summed E-state index contributed by atoms with van der Waals surface area (Å²) in [6.07, 6.45) is 2.76. The molecule has 5 rings (SSSR count). The number of hydrogen-bond donors (Lipinski definition) is 2. The fourth-order valence-electron chi connectivity index (χ4n) is 5.03. The molecule has 3 atom stereocenters. The molecule has 1 aromatic heterocycles. The molecule has 0 saturated carbocycles. The van der Waals surface area contributed by atoms with E-state index in [1.165, 1.54) is 0 Å². The van der Waals surface area contributed by atoms with Crippen LogP contribution in [0.5, 0.6) is 0 Å². The van der Waals surface area contributed by atoms with Crippen LogP contribution in [0.4, 0.5) is 0 Å². The number of amides is 2. The Kier molecular flexibility index (Phi) is 5.93. The first-order valence-electron chi connectivity index (χ1n) is 11.9. The van der Waals surface area contributed by atoms with E-state index in [-0.39, 0.29) is 23.8 Å². The third kappa shape index (κ3) is 3.77. The molecule has 3 unspecified atom stereocenters. The van der Waals surface area contributed by atoms with Crippen molar-refractivity contribution < 1.29 is 9.59 Å². The predicted octanol–water partition coefficient (Wildman–Crippen LogP) is 5.44. The van der Waals surface area contributed by atoms with Crippen LogP contribution in [0.2, 0.25) is 0 Å². The second kappa shape index (κ2) is 9.18. The van der Waals surface area contributed by atoms with Crippen LogP contribution in [0.3, 0.4) is 0 Å². The third-order valence-corrected chi connectivity index (χ3v) is 6.98. The highest BCUT2D eigenvalue weighted by Gasteiger charge is 2.46. The van der Waals surface area contributed by atoms with Crippen LogP contribution in [0.1, 0.15) is 53.4 Å². The Labute approximate surface area is 199 Å². The van der Waals surface area contributed by atoms with Gasteiger partial charge in [0.2, 0.25) is 5.91 Å². The van der Waals surface area contributed by atoms with E-state index in [1.54, 1.807) is 0 Å². The summed E-state index contributed by atoms with van der Waals surface area (Å²) in [5, 5.41) is 4.17. The number of nitrogens with zero attached hydrogens (tertiary/aromatic N) is 1. The summed E-state index contributed by atoms with van der Waals surface area (Å²) in [5.41, 5.74) is 4.67. The number of carbonyl (C=O) groups is 2. The van der Waals surface area contributed by atoms with Crippen molar-refractivity contribution in [1.82, 2.24) is 15.2 Å². The topological polar surface area (TPSA) is 65.2 Å². The van der Waals surface area contributed by atoms with Gasteiger partial charge in [-0.15, -0.1) is 0 Å². The van der Waals surface area contributed by atoms with E-state index in [0.717, 1.165) is 34.0 Å². The molecule has 2 amide bonds. The normalized spacial score (nSPS) is 16.9. The Bertz CT molecular complexity index is 1330. The Morgan fingerprint density at radius 3 is 2.47 bits per heavy atom. The lowest BCUT2D eigenvalue weighted by Gasteiger charge is -2.36. The van der Waals surface area contributed by atoms with Crippen molar-refractivity contribution in [1.29, 1.82) is 0 Å². The van der Waals surface area contributed by atoms with Gasteiger partial charge in [-0.05, 0) is 29.2 Å². The summed E-state index contributed by atoms with van der Waals surface area (Å²) in [7, 11) is 0. The average Bonchev–Trinajstić information content (AvgIpc) is 3.42. The van der Waals surface area contributed by atoms with Crippen molar-refractivity contribution in [3.05, 3.63) is 107 Å². The van der Waals surface area contributed by atoms with Gasteiger partial charge in [0.1, 0.15) is 6.04 Å². The van der Waals surface area contributed by atoms with E-state index < -0.39 is 6.04 Å². The lowest BCUT2D eigenvalue weighted by atomic mass is 9.92. The first kappa shape index (κ1) is 22.0. The molecule has 5 nitrogen and oxygen atoms in total. The highest BCUT2D eigenvalue weighted by atomic mass is 16.2. The molecule has 4 aromatic rings. The van der Waals surface area contributed by atoms with Gasteiger partial charge < -0.3 is 15.2 Å². The van der Waals surface area contributed by atoms with Gasteiger partial charge >= 0.3 is 0 Å². The molecule has 34 heavy (non-hydrogen) atoms. The summed E-state index contributed by atoms with van der Waals surface area (Å²) in [6.45, 7) is 4.55. The molecular weight excluding hydrogens is 422 g/mol. The number of carbonyl (C=O) groups excluding carboxylic acids is 2. The minimum absolute atomic E-state index is 0.0123. The van der Waals surface area contributed by atoms with Gasteiger partial charge in [-0.2, -0.15) is 0 Å². The van der Waals surface area contributed by atoms with Crippen molar-refractivity contribution in [2.75, 3.05) is 0 Å². The molecule has 0 spiro atoms. The number of rotatable bonds is 7. The maximum atomic E-state index is 13.8. The second-order valence-electron chi connectivity index (χ2n) is 9.03. The minimum atomic E-state index is -0.590. The quantitative estimate of drug-likeness (QED) is 0.393. The van der Waals surface area contributed by atoms with E-state index >= 15 is 0 Å². The fourth-order valence-corrected chi connectivity index (χ4v) is 5.03. The van der Waals surface area contributed by atoms with E-state index in [1.807, 2.05) is 83.9 Å². The van der Waals surface area contributed by atoms with Crippen LogP contribution >= 0.6 is 0 Å². The number of aromatic amines is 1. The van der Waals surface area contributed by atoms with Gasteiger partial charge in [0, 0.05) is 34.8 Å². The van der Waals surface area contributed by atoms with Crippen LogP contribution < -0.4 is 5.32 Å². The zero-order valence-electron chi connectivity index (χ0n) is 19.5. The van der Waals surface area contributed by atoms with E-state index in [0.29, 0.717) is 12.1 Å². The Morgan fingerprint density at radius 2 is 1.68 bits per heavy atom. The van der Waals surface area contributed by atoms with Crippen molar-refractivity contribution in [2.24, 2.45) is 5.92 Å². The first-order chi connectivity index (χ1) is 16.6. The molecule has 0 radical (unpaired) electrons. The molecule has 0 fully saturated rings. The Morgan fingerprint density at radius 1 is 0.971 bits per heavy atom. The van der Waals surface area contributed by atoms with Crippen LogP contribution in [0, 0.1) is 5.92 Å². The molecule has 1 aliphatic rings. The maximum Gasteiger partial charge on any atom is 0.255 e. The number of hydrogen-bond acceptors (Lipinski definition) is 2. The molecule has 172 valence electrons. The lowest BCUT2D eigenvalue weighted by Crippen LogP contribution is -2.51. The monoisotopic (exact) mass is 451 g/mol. The maximum absolute atomic E-state index is 13.8. The number of fused-ring (bicyclic) bond motifs is 2. The average molecular weight is 452 g/mol. The molecule has 3 aromatic carbocycles. The number of benzene rings is 3. The van der Waals surface area contributed by atoms with Crippen LogP contribution in [0.15, 0.2) is 85.1 Å². The fraction of sp³-hybridized carbons (Fsp3) is 0.241. The van der Waals surface area contributed by atoms with E-state index in [4.69, 9.17) is 0 Å². The molecule has 0 bridgehead atoms. The molecule has 1 aliphatic heterocycles. The highest BCUT2D eigenvalue weighted by Crippen LogP contribution is 2.43. The largest absolute Gasteiger partial charge is 0.361 e. The Balaban J connectivity index is 1.57. The van der Waals surface area contributed by atoms with Crippen molar-refractivity contribution in [3.8, 4) is 0 Å². The van der Waals surface area contributed by atoms with Crippen LogP contribution in [-0.4, -0.2) is 27.7 Å². The molecule has 0 aliphatic carbocycles. The molecule has 2 heterocycles. The Hall–Kier alpha value is -3.86. The van der Waals surface area contributed by atoms with Crippen molar-refractivity contribution in [3.63, 3.8) is 0 Å². The van der Waals surface area contributed by atoms with Crippen molar-refractivity contribution >= 4 is 22.7 Å². The molecular formula is C29H29N3O2. The lowest BCUT2D eigenvalue weighted by molar-refractivity contribution is -0.128. The van der Waals surface area contributed by atoms with Crippen LogP contribution in [-0.2, 0) is 11.3 Å². The van der Waals surface area contributed by atoms with Gasteiger partial charge in [0.25, 0.3) is 5.91 Å². The summed E-state index contributed by atoms with van der Waals surface area (Å²) in [5.74, 6) is -0.225. The molecule has 5 heteroatoms. The smallest absolute Gasteiger partial charge is 0.255 e. The number of para-hydroxylation sites is 1. The van der Waals surface area contributed by atoms with Gasteiger partial charge in [-0.1, -0.05) is 87.0 Å². The molecule has 2 N–H and O–H groups in total. The van der Waals surface area contributed by atoms with Gasteiger partial charge in [-0.3, -0.25) is 9.59 Å². The van der Waals surface area contributed by atoms with Gasteiger partial charge in [0.05, 0.1) is 6.04 Å². The SMILES string of the molecule is CCC(C)C(C(=O)NCc1ccccc1)N1C(=O)c2ccccc2C1c1c[nH]c2ccccc12. The second-order valence-corrected chi connectivity index (χ2v) is 9.03. The van der Waals surface area contributed by atoms with E-state index in [9.17, 15) is 9.59 Å². The number of nitrogens with one attached hydrogen (secondary N) is 2. The summed E-state index contributed by atoms with van der Waals surface area (Å²) < 4.78 is 0. The standard InChI is InChI=1S/C29H29N3O2/c1-3-19(2)26(28(33)31-17-20-11-5-4-6-12-20)32-27(22-14-7-8-15-23(22)29(32)34)24-18-30-25-16-10-9-13-21(24)25/h4-16,18-19,26-27,30H,3,17H2,1-2H3,(H,31,33). The van der Waals surface area contributed by atoms with Gasteiger partial charge in [0.15, 0.2) is 0 Å². The zero-order valence-corrected chi connectivity index (χ0v) is 19.5. The van der Waals surface area contributed by atoms with Gasteiger partial charge in [-0.25, -0.2) is 0 Å². The summed E-state index contributed by atoms with van der Waals surface area (Å²) >= 11 is 0. The summed E-state index contributed by atoms with van der Waals surface area (Å²) in [4.78, 5) is 32.6. The predicted molar refractivity (Wildman–Crippen MR) is 134 cm³/mol. The van der Waals surface area contributed by atoms with E-state index in [2.05, 4.69) is 30.2 Å². The molecule has 0 saturated heterocycles. The number of aromatic nitrogens is 1.